The lowest BCUT2D eigenvalue weighted by Crippen LogP contribution is -2.25. The van der Waals surface area contributed by atoms with Crippen LogP contribution in [0.15, 0.2) is 188 Å². The van der Waals surface area contributed by atoms with Crippen molar-refractivity contribution in [3.05, 3.63) is 204 Å². The van der Waals surface area contributed by atoms with Gasteiger partial charge in [-0.1, -0.05) is 129 Å². The lowest BCUT2D eigenvalue weighted by Gasteiger charge is -2.31. The molecule has 0 fully saturated rings. The van der Waals surface area contributed by atoms with E-state index in [-0.39, 0.29) is 5.41 Å². The Morgan fingerprint density at radius 1 is 0.490 bits per heavy atom. The fourth-order valence-corrected chi connectivity index (χ4v) is 7.56. The summed E-state index contributed by atoms with van der Waals surface area (Å²) in [5.74, 6) is 0.428. The molecule has 0 N–H and O–H groups in total. The van der Waals surface area contributed by atoms with E-state index in [0.29, 0.717) is 5.92 Å². The van der Waals surface area contributed by atoms with Gasteiger partial charge in [-0.15, -0.1) is 0 Å². The molecule has 2 heteroatoms. The van der Waals surface area contributed by atoms with Gasteiger partial charge in [-0.05, 0) is 118 Å². The van der Waals surface area contributed by atoms with Gasteiger partial charge in [0, 0.05) is 34.1 Å². The van der Waals surface area contributed by atoms with Gasteiger partial charge in [0.25, 0.3) is 0 Å². The molecule has 6 aromatic carbocycles. The van der Waals surface area contributed by atoms with E-state index in [0.717, 1.165) is 34.9 Å². The third-order valence-corrected chi connectivity index (χ3v) is 10.1. The summed E-state index contributed by atoms with van der Waals surface area (Å²) in [4.78, 5) is 4.66. The van der Waals surface area contributed by atoms with E-state index < -0.39 is 0 Å². The molecule has 8 rings (SSSR count). The van der Waals surface area contributed by atoms with Gasteiger partial charge >= 0.3 is 0 Å². The maximum absolute atomic E-state index is 2.43. The Hall–Kier alpha value is -5.86. The van der Waals surface area contributed by atoms with E-state index in [2.05, 4.69) is 212 Å². The van der Waals surface area contributed by atoms with E-state index in [4.69, 9.17) is 0 Å². The van der Waals surface area contributed by atoms with Crippen molar-refractivity contribution < 1.29 is 0 Å². The Morgan fingerprint density at radius 3 is 1.45 bits per heavy atom. The number of hydrogen-bond acceptors (Lipinski definition) is 2. The molecule has 0 radical (unpaired) electrons. The molecule has 238 valence electrons. The molecule has 0 spiro atoms. The molecule has 6 aromatic rings. The molecule has 0 heterocycles. The first-order chi connectivity index (χ1) is 24.1. The average Bonchev–Trinajstić information content (AvgIpc) is 3.38. The van der Waals surface area contributed by atoms with Crippen LogP contribution >= 0.6 is 0 Å². The number of fused-ring (bicyclic) bond motifs is 3. The molecule has 0 saturated heterocycles. The molecule has 0 saturated carbocycles. The maximum atomic E-state index is 2.43. The van der Waals surface area contributed by atoms with Crippen molar-refractivity contribution in [3.63, 3.8) is 0 Å². The van der Waals surface area contributed by atoms with Crippen LogP contribution in [0, 0.1) is 5.92 Å². The predicted molar refractivity (Wildman–Crippen MR) is 208 cm³/mol. The molecule has 1 atom stereocenters. The molecule has 2 nitrogen and oxygen atoms in total. The molecule has 0 aliphatic heterocycles. The average molecular weight is 633 g/mol. The molecular formula is C47H40N2. The summed E-state index contributed by atoms with van der Waals surface area (Å²) in [5, 5.41) is 0. The highest BCUT2D eigenvalue weighted by molar-refractivity contribution is 5.85. The molecule has 2 aliphatic carbocycles. The first kappa shape index (κ1) is 30.5. The quantitative estimate of drug-likeness (QED) is 0.165. The third kappa shape index (κ3) is 5.91. The minimum absolute atomic E-state index is 0.00353. The van der Waals surface area contributed by atoms with Gasteiger partial charge in [-0.2, -0.15) is 0 Å². The highest BCUT2D eigenvalue weighted by Crippen LogP contribution is 2.55. The summed E-state index contributed by atoms with van der Waals surface area (Å²) in [6.07, 6.45) is 10.3. The predicted octanol–water partition coefficient (Wildman–Crippen LogP) is 13.0. The van der Waals surface area contributed by atoms with Gasteiger partial charge in [0.15, 0.2) is 0 Å². The van der Waals surface area contributed by atoms with Crippen molar-refractivity contribution in [3.8, 4) is 0 Å². The molecular weight excluding hydrogens is 593 g/mol. The van der Waals surface area contributed by atoms with Crippen LogP contribution in [-0.4, -0.2) is 0 Å². The smallest absolute Gasteiger partial charge is 0.0464 e. The highest BCUT2D eigenvalue weighted by Gasteiger charge is 2.43. The summed E-state index contributed by atoms with van der Waals surface area (Å²) in [7, 11) is 0. The van der Waals surface area contributed by atoms with Crippen LogP contribution in [0.25, 0.3) is 11.6 Å². The Bertz CT molecular complexity index is 2060. The van der Waals surface area contributed by atoms with Crippen LogP contribution in [0.3, 0.4) is 0 Å². The normalized spacial score (nSPS) is 16.0. The first-order valence-corrected chi connectivity index (χ1v) is 17.2. The second-order valence-electron chi connectivity index (χ2n) is 13.5. The topological polar surface area (TPSA) is 6.48 Å². The van der Waals surface area contributed by atoms with Crippen molar-refractivity contribution in [2.75, 3.05) is 9.80 Å². The van der Waals surface area contributed by atoms with Crippen molar-refractivity contribution in [2.24, 2.45) is 5.92 Å². The second kappa shape index (κ2) is 13.0. The van der Waals surface area contributed by atoms with Gasteiger partial charge in [-0.3, -0.25) is 0 Å². The number of allylic oxidation sites excluding steroid dienone is 5. The number of benzene rings is 6. The summed E-state index contributed by atoms with van der Waals surface area (Å²) in [5.41, 5.74) is 13.8. The van der Waals surface area contributed by atoms with Crippen molar-refractivity contribution in [1.82, 2.24) is 0 Å². The summed E-state index contributed by atoms with van der Waals surface area (Å²) >= 11 is 0. The van der Waals surface area contributed by atoms with Gasteiger partial charge in [-0.25, -0.2) is 0 Å². The van der Waals surface area contributed by atoms with E-state index in [1.165, 1.54) is 33.5 Å². The van der Waals surface area contributed by atoms with E-state index >= 15 is 0 Å². The Kier molecular flexibility index (Phi) is 8.07. The molecule has 2 aliphatic rings. The molecule has 1 unspecified atom stereocenters. The summed E-state index contributed by atoms with van der Waals surface area (Å²) < 4.78 is 0. The van der Waals surface area contributed by atoms with Crippen LogP contribution < -0.4 is 9.80 Å². The number of para-hydroxylation sites is 4. The van der Waals surface area contributed by atoms with E-state index in [1.54, 1.807) is 0 Å². The van der Waals surface area contributed by atoms with Crippen LogP contribution in [-0.2, 0) is 5.41 Å². The van der Waals surface area contributed by atoms with Crippen molar-refractivity contribution in [2.45, 2.75) is 25.7 Å². The second-order valence-corrected chi connectivity index (χ2v) is 13.5. The lowest BCUT2D eigenvalue weighted by atomic mass is 9.73. The largest absolute Gasteiger partial charge is 0.311 e. The summed E-state index contributed by atoms with van der Waals surface area (Å²) in [6.45, 7) is 4.85. The zero-order valence-electron chi connectivity index (χ0n) is 28.1. The number of nitrogens with zero attached hydrogens (tertiary/aromatic N) is 2. The van der Waals surface area contributed by atoms with Crippen molar-refractivity contribution >= 4 is 45.8 Å². The number of hydrogen-bond donors (Lipinski definition) is 0. The Labute approximate surface area is 290 Å². The maximum Gasteiger partial charge on any atom is 0.0464 e. The standard InChI is InChI=1S/C47H40N2/c1-47(2)45-33-36(24-23-35-25-28-41(29-26-35)48(37-15-7-3-8-16-37)38-17-9-4-10-18-38)27-31-43(45)44-32-30-42(34-46(44)47)49(39-19-11-5-12-20-39)40-21-13-6-14-22-40/h3-32,34,45H,33H2,1-2H3/b24-23+. The third-order valence-electron chi connectivity index (χ3n) is 10.1. The molecule has 0 aromatic heterocycles. The SMILES string of the molecule is CC1(C)c2cc(N(c3ccccc3)c3ccccc3)ccc2C2=CC=C(/C=C/c3ccc(N(c4ccccc4)c4ccccc4)cc3)CC21. The number of rotatable bonds is 8. The van der Waals surface area contributed by atoms with Gasteiger partial charge in [0.05, 0.1) is 0 Å². The van der Waals surface area contributed by atoms with Crippen molar-refractivity contribution in [1.29, 1.82) is 0 Å². The van der Waals surface area contributed by atoms with Crippen LogP contribution in [0.1, 0.15) is 37.0 Å². The van der Waals surface area contributed by atoms with E-state index in [9.17, 15) is 0 Å². The van der Waals surface area contributed by atoms with Crippen LogP contribution in [0.2, 0.25) is 0 Å². The Balaban J connectivity index is 1.05. The van der Waals surface area contributed by atoms with Crippen LogP contribution in [0.4, 0.5) is 34.1 Å². The monoisotopic (exact) mass is 632 g/mol. The molecule has 0 bridgehead atoms. The fraction of sp³-hybridized carbons (Fsp3) is 0.106. The minimum Gasteiger partial charge on any atom is -0.311 e. The van der Waals surface area contributed by atoms with Gasteiger partial charge in [0.1, 0.15) is 0 Å². The van der Waals surface area contributed by atoms with Gasteiger partial charge < -0.3 is 9.80 Å². The Morgan fingerprint density at radius 2 is 0.939 bits per heavy atom. The zero-order chi connectivity index (χ0) is 33.2. The highest BCUT2D eigenvalue weighted by atomic mass is 15.1. The van der Waals surface area contributed by atoms with Crippen LogP contribution in [0.5, 0.6) is 0 Å². The zero-order valence-corrected chi connectivity index (χ0v) is 28.1. The lowest BCUT2D eigenvalue weighted by molar-refractivity contribution is 0.410. The summed E-state index contributed by atoms with van der Waals surface area (Å²) in [6, 6.07) is 58.4. The fourth-order valence-electron chi connectivity index (χ4n) is 7.56. The minimum atomic E-state index is 0.00353. The molecule has 0 amide bonds. The van der Waals surface area contributed by atoms with Gasteiger partial charge in [0.2, 0.25) is 0 Å². The number of anilines is 6. The molecule has 49 heavy (non-hydrogen) atoms. The first-order valence-electron chi connectivity index (χ1n) is 17.2. The van der Waals surface area contributed by atoms with E-state index in [1.807, 2.05) is 0 Å².